The van der Waals surface area contributed by atoms with E-state index in [4.69, 9.17) is 4.74 Å². The van der Waals surface area contributed by atoms with Gasteiger partial charge in [-0.25, -0.2) is 0 Å². The van der Waals surface area contributed by atoms with E-state index in [0.29, 0.717) is 19.3 Å². The van der Waals surface area contributed by atoms with Gasteiger partial charge in [0.25, 0.3) is 0 Å². The molecule has 0 saturated heterocycles. The molecular formula is C57H109NO5. The Morgan fingerprint density at radius 1 is 0.460 bits per heavy atom. The summed E-state index contributed by atoms with van der Waals surface area (Å²) in [7, 11) is 0. The third-order valence-electron chi connectivity index (χ3n) is 13.0. The van der Waals surface area contributed by atoms with Gasteiger partial charge in [-0.05, 0) is 57.8 Å². The van der Waals surface area contributed by atoms with Crippen molar-refractivity contribution in [2.24, 2.45) is 0 Å². The number of ether oxygens (including phenoxy) is 1. The lowest BCUT2D eigenvalue weighted by Crippen LogP contribution is -2.46. The average molecular weight is 889 g/mol. The minimum Gasteiger partial charge on any atom is -0.462 e. The Bertz CT molecular complexity index is 997. The summed E-state index contributed by atoms with van der Waals surface area (Å²) in [5.41, 5.74) is 0. The molecule has 3 atom stereocenters. The van der Waals surface area contributed by atoms with Crippen LogP contribution in [0, 0.1) is 0 Å². The molecule has 6 heteroatoms. The highest BCUT2D eigenvalue weighted by molar-refractivity contribution is 5.77. The van der Waals surface area contributed by atoms with E-state index in [1.807, 2.05) is 0 Å². The molecule has 0 aromatic rings. The summed E-state index contributed by atoms with van der Waals surface area (Å²) < 4.78 is 5.96. The number of allylic oxidation sites excluding steroid dienone is 4. The Labute approximate surface area is 392 Å². The molecule has 0 aromatic heterocycles. The molecule has 0 aliphatic carbocycles. The van der Waals surface area contributed by atoms with Gasteiger partial charge < -0.3 is 20.3 Å². The monoisotopic (exact) mass is 888 g/mol. The Kier molecular flexibility index (Phi) is 50.0. The first-order valence-corrected chi connectivity index (χ1v) is 28.1. The number of rotatable bonds is 51. The first-order valence-electron chi connectivity index (χ1n) is 28.1. The van der Waals surface area contributed by atoms with E-state index in [2.05, 4.69) is 50.4 Å². The molecule has 1 amide bonds. The van der Waals surface area contributed by atoms with Gasteiger partial charge in [0, 0.05) is 6.42 Å². The third kappa shape index (κ3) is 46.7. The Morgan fingerprint density at radius 3 is 1.24 bits per heavy atom. The van der Waals surface area contributed by atoms with E-state index in [0.717, 1.165) is 64.2 Å². The second-order valence-electron chi connectivity index (χ2n) is 19.3. The van der Waals surface area contributed by atoms with Gasteiger partial charge in [-0.2, -0.15) is 0 Å². The zero-order valence-electron chi connectivity index (χ0n) is 42.5. The third-order valence-corrected chi connectivity index (χ3v) is 13.0. The molecule has 0 rings (SSSR count). The van der Waals surface area contributed by atoms with Crippen molar-refractivity contribution in [1.29, 1.82) is 0 Å². The van der Waals surface area contributed by atoms with E-state index >= 15 is 0 Å². The molecule has 0 fully saturated rings. The van der Waals surface area contributed by atoms with Crippen LogP contribution in [0.25, 0.3) is 0 Å². The van der Waals surface area contributed by atoms with Crippen molar-refractivity contribution in [1.82, 2.24) is 5.32 Å². The number of unbranched alkanes of at least 4 members (excludes halogenated alkanes) is 35. The van der Waals surface area contributed by atoms with Crippen LogP contribution in [0.5, 0.6) is 0 Å². The average Bonchev–Trinajstić information content (AvgIpc) is 3.28. The van der Waals surface area contributed by atoms with Gasteiger partial charge in [0.1, 0.15) is 6.10 Å². The molecule has 0 bridgehead atoms. The van der Waals surface area contributed by atoms with Crippen LogP contribution >= 0.6 is 0 Å². The summed E-state index contributed by atoms with van der Waals surface area (Å²) in [4.78, 5) is 26.2. The summed E-state index contributed by atoms with van der Waals surface area (Å²) >= 11 is 0. The molecule has 63 heavy (non-hydrogen) atoms. The Balaban J connectivity index is 4.53. The predicted molar refractivity (Wildman–Crippen MR) is 273 cm³/mol. The number of amides is 1. The summed E-state index contributed by atoms with van der Waals surface area (Å²) in [6, 6.07) is -0.699. The first kappa shape index (κ1) is 61.3. The number of aliphatic hydroxyl groups excluding tert-OH is 2. The maximum Gasteiger partial charge on any atom is 0.306 e. The molecule has 0 radical (unpaired) electrons. The molecule has 3 N–H and O–H groups in total. The SMILES string of the molecule is CCCCC/C=C\C/C=C\CCCCCCCCCC(CC(=O)NC(CO)C(O)CCCCCCCCCCCC)OC(=O)CCCCCCCCCCCCCCCCCCC. The van der Waals surface area contributed by atoms with Gasteiger partial charge in [0.05, 0.1) is 25.2 Å². The van der Waals surface area contributed by atoms with Gasteiger partial charge in [-0.15, -0.1) is 0 Å². The minimum absolute atomic E-state index is 0.0778. The number of hydrogen-bond donors (Lipinski definition) is 3. The highest BCUT2D eigenvalue weighted by Gasteiger charge is 2.24. The standard InChI is InChI=1S/C57H109NO5/c1-4-7-10-13-16-19-22-24-26-28-30-32-34-36-39-42-45-48-53(51-56(61)58-54(52-59)55(60)49-46-43-40-37-21-18-15-12-9-6-3)63-57(62)50-47-44-41-38-35-33-31-29-27-25-23-20-17-14-11-8-5-2/h16,19,24,26,53-55,59-60H,4-15,17-18,20-23,25,27-52H2,1-3H3,(H,58,61)/b19-16-,26-24-. The maximum absolute atomic E-state index is 13.2. The number of aliphatic hydroxyl groups is 2. The van der Waals surface area contributed by atoms with E-state index in [-0.39, 0.29) is 24.9 Å². The number of esters is 1. The van der Waals surface area contributed by atoms with Crippen LogP contribution in [0.4, 0.5) is 0 Å². The largest absolute Gasteiger partial charge is 0.462 e. The van der Waals surface area contributed by atoms with Gasteiger partial charge in [-0.3, -0.25) is 9.59 Å². The predicted octanol–water partition coefficient (Wildman–Crippen LogP) is 17.1. The van der Waals surface area contributed by atoms with Crippen LogP contribution in [0.1, 0.15) is 303 Å². The lowest BCUT2D eigenvalue weighted by Gasteiger charge is -2.24. The summed E-state index contributed by atoms with van der Waals surface area (Å²) in [5.74, 6) is -0.464. The van der Waals surface area contributed by atoms with Crippen LogP contribution < -0.4 is 5.32 Å². The van der Waals surface area contributed by atoms with Crippen molar-refractivity contribution in [3.8, 4) is 0 Å². The zero-order valence-corrected chi connectivity index (χ0v) is 42.5. The van der Waals surface area contributed by atoms with Crippen molar-refractivity contribution >= 4 is 11.9 Å². The topological polar surface area (TPSA) is 95.9 Å². The zero-order chi connectivity index (χ0) is 45.9. The normalized spacial score (nSPS) is 13.3. The van der Waals surface area contributed by atoms with Crippen LogP contribution in [-0.2, 0) is 14.3 Å². The van der Waals surface area contributed by atoms with Gasteiger partial charge >= 0.3 is 5.97 Å². The Hall–Kier alpha value is -1.66. The molecule has 0 aliphatic heterocycles. The molecular weight excluding hydrogens is 779 g/mol. The van der Waals surface area contributed by atoms with Crippen molar-refractivity contribution in [3.63, 3.8) is 0 Å². The van der Waals surface area contributed by atoms with E-state index < -0.39 is 18.2 Å². The van der Waals surface area contributed by atoms with Crippen molar-refractivity contribution < 1.29 is 24.5 Å². The first-order chi connectivity index (χ1) is 31.0. The number of nitrogens with one attached hydrogen (secondary N) is 1. The van der Waals surface area contributed by atoms with Gasteiger partial charge in [0.15, 0.2) is 0 Å². The molecule has 6 nitrogen and oxygen atoms in total. The Morgan fingerprint density at radius 2 is 0.810 bits per heavy atom. The minimum atomic E-state index is -0.785. The van der Waals surface area contributed by atoms with Crippen LogP contribution in [-0.4, -0.2) is 46.9 Å². The van der Waals surface area contributed by atoms with Crippen molar-refractivity contribution in [2.75, 3.05) is 6.61 Å². The fourth-order valence-corrected chi connectivity index (χ4v) is 8.76. The second-order valence-corrected chi connectivity index (χ2v) is 19.3. The highest BCUT2D eigenvalue weighted by atomic mass is 16.5. The maximum atomic E-state index is 13.2. The molecule has 372 valence electrons. The highest BCUT2D eigenvalue weighted by Crippen LogP contribution is 2.19. The number of carbonyl (C=O) groups is 2. The summed E-state index contributed by atoms with van der Waals surface area (Å²) in [6.07, 6.45) is 59.6. The van der Waals surface area contributed by atoms with Crippen molar-refractivity contribution in [3.05, 3.63) is 24.3 Å². The van der Waals surface area contributed by atoms with Crippen LogP contribution in [0.15, 0.2) is 24.3 Å². The molecule has 0 aliphatic rings. The van der Waals surface area contributed by atoms with Crippen LogP contribution in [0.2, 0.25) is 0 Å². The molecule has 0 heterocycles. The molecule has 3 unspecified atom stereocenters. The van der Waals surface area contributed by atoms with E-state index in [1.54, 1.807) is 0 Å². The lowest BCUT2D eigenvalue weighted by molar-refractivity contribution is -0.151. The summed E-state index contributed by atoms with van der Waals surface area (Å²) in [5, 5.41) is 23.8. The molecule has 0 spiro atoms. The lowest BCUT2D eigenvalue weighted by atomic mass is 10.0. The van der Waals surface area contributed by atoms with Gasteiger partial charge in [0.2, 0.25) is 5.91 Å². The fourth-order valence-electron chi connectivity index (χ4n) is 8.76. The quantitative estimate of drug-likeness (QED) is 0.0321. The number of hydrogen-bond acceptors (Lipinski definition) is 5. The van der Waals surface area contributed by atoms with Crippen LogP contribution in [0.3, 0.4) is 0 Å². The second kappa shape index (κ2) is 51.3. The van der Waals surface area contributed by atoms with E-state index in [1.165, 1.54) is 193 Å². The van der Waals surface area contributed by atoms with E-state index in [9.17, 15) is 19.8 Å². The molecule has 0 aromatic carbocycles. The fraction of sp³-hybridized carbons (Fsp3) is 0.895. The summed E-state index contributed by atoms with van der Waals surface area (Å²) in [6.45, 7) is 6.48. The number of carbonyl (C=O) groups excluding carboxylic acids is 2. The smallest absolute Gasteiger partial charge is 0.306 e. The van der Waals surface area contributed by atoms with Crippen molar-refractivity contribution in [2.45, 2.75) is 322 Å². The van der Waals surface area contributed by atoms with Gasteiger partial charge in [-0.1, -0.05) is 257 Å². The molecule has 0 saturated carbocycles.